The van der Waals surface area contributed by atoms with Gasteiger partial charge in [0.25, 0.3) is 0 Å². The predicted molar refractivity (Wildman–Crippen MR) is 133 cm³/mol. The molecule has 1 spiro atoms. The second kappa shape index (κ2) is 15.7. The van der Waals surface area contributed by atoms with Gasteiger partial charge < -0.3 is 15.2 Å². The van der Waals surface area contributed by atoms with Gasteiger partial charge in [-0.2, -0.15) is 0 Å². The van der Waals surface area contributed by atoms with Crippen molar-refractivity contribution in [2.45, 2.75) is 161 Å². The van der Waals surface area contributed by atoms with Crippen molar-refractivity contribution in [3.63, 3.8) is 0 Å². The topological polar surface area (TPSA) is 44.5 Å². The van der Waals surface area contributed by atoms with Crippen LogP contribution in [0, 0.1) is 5.41 Å². The first-order valence-corrected chi connectivity index (χ1v) is 14.2. The summed E-state index contributed by atoms with van der Waals surface area (Å²) >= 11 is 0. The minimum absolute atomic E-state index is 0.214. The van der Waals surface area contributed by atoms with Crippen LogP contribution in [0.1, 0.15) is 149 Å². The van der Waals surface area contributed by atoms with Crippen LogP contribution >= 0.6 is 0 Å². The normalized spacial score (nSPS) is 33.6. The lowest BCUT2D eigenvalue weighted by Crippen LogP contribution is -2.31. The van der Waals surface area contributed by atoms with E-state index in [1.165, 1.54) is 116 Å². The van der Waals surface area contributed by atoms with Gasteiger partial charge in [0, 0.05) is 12.8 Å². The highest BCUT2D eigenvalue weighted by atomic mass is 16.7. The van der Waals surface area contributed by atoms with E-state index >= 15 is 0 Å². The first kappa shape index (κ1) is 27.1. The fourth-order valence-corrected chi connectivity index (χ4v) is 6.15. The van der Waals surface area contributed by atoms with E-state index in [-0.39, 0.29) is 11.9 Å². The molecule has 0 amide bonds. The monoisotopic (exact) mass is 437 g/mol. The summed E-state index contributed by atoms with van der Waals surface area (Å²) in [6, 6.07) is 0. The summed E-state index contributed by atoms with van der Waals surface area (Å²) < 4.78 is 12.8. The lowest BCUT2D eigenvalue weighted by molar-refractivity contribution is -0.179. The van der Waals surface area contributed by atoms with Crippen molar-refractivity contribution < 1.29 is 9.47 Å². The Kier molecular flexibility index (Phi) is 13.7. The second-order valence-electron chi connectivity index (χ2n) is 10.7. The molecular weight excluding hydrogens is 382 g/mol. The number of hydrogen-bond donors (Lipinski definition) is 1. The van der Waals surface area contributed by atoms with Crippen molar-refractivity contribution in [3.8, 4) is 0 Å². The zero-order chi connectivity index (χ0) is 22.3. The molecule has 2 fully saturated rings. The largest absolute Gasteiger partial charge is 0.347 e. The third-order valence-corrected chi connectivity index (χ3v) is 8.21. The van der Waals surface area contributed by atoms with Gasteiger partial charge in [-0.05, 0) is 50.5 Å². The van der Waals surface area contributed by atoms with Crippen LogP contribution < -0.4 is 5.73 Å². The van der Waals surface area contributed by atoms with Crippen LogP contribution in [0.4, 0.5) is 0 Å². The molecule has 31 heavy (non-hydrogen) atoms. The molecular formula is C28H55NO2. The van der Waals surface area contributed by atoms with Gasteiger partial charge in [0.15, 0.2) is 5.79 Å². The van der Waals surface area contributed by atoms with E-state index < -0.39 is 0 Å². The average Bonchev–Trinajstić information content (AvgIpc) is 3.17. The molecule has 0 aromatic rings. The van der Waals surface area contributed by atoms with E-state index in [0.29, 0.717) is 12.0 Å². The molecule has 0 aromatic heterocycles. The fraction of sp³-hybridized carbons (Fsp3) is 1.00. The minimum Gasteiger partial charge on any atom is -0.347 e. The van der Waals surface area contributed by atoms with Crippen LogP contribution in [0.2, 0.25) is 0 Å². The third-order valence-electron chi connectivity index (χ3n) is 8.21. The maximum atomic E-state index is 6.47. The Labute approximate surface area is 194 Å². The molecule has 1 heterocycles. The summed E-state index contributed by atoms with van der Waals surface area (Å²) in [7, 11) is 0. The zero-order valence-electron chi connectivity index (χ0n) is 21.2. The van der Waals surface area contributed by atoms with Gasteiger partial charge in [-0.1, -0.05) is 97.3 Å². The van der Waals surface area contributed by atoms with E-state index in [0.717, 1.165) is 25.9 Å². The minimum atomic E-state index is -0.307. The molecule has 3 atom stereocenters. The Hall–Kier alpha value is -0.120. The molecule has 0 bridgehead atoms. The molecule has 3 heteroatoms. The van der Waals surface area contributed by atoms with E-state index in [1.807, 2.05) is 0 Å². The Morgan fingerprint density at radius 3 is 1.65 bits per heavy atom. The molecule has 2 rings (SSSR count). The number of nitrogens with two attached hydrogens (primary N) is 1. The second-order valence-corrected chi connectivity index (χ2v) is 10.7. The Morgan fingerprint density at radius 2 is 1.19 bits per heavy atom. The van der Waals surface area contributed by atoms with Crippen LogP contribution in [0.25, 0.3) is 0 Å². The summed E-state index contributed by atoms with van der Waals surface area (Å²) in [6.45, 7) is 6.26. The molecule has 1 saturated carbocycles. The summed E-state index contributed by atoms with van der Waals surface area (Å²) in [5.41, 5.74) is 6.40. The van der Waals surface area contributed by atoms with Crippen LogP contribution in [0.15, 0.2) is 0 Å². The maximum Gasteiger partial charge on any atom is 0.168 e. The average molecular weight is 438 g/mol. The van der Waals surface area contributed by atoms with Gasteiger partial charge >= 0.3 is 0 Å². The zero-order valence-corrected chi connectivity index (χ0v) is 21.2. The molecule has 0 aromatic carbocycles. The Balaban J connectivity index is 1.89. The van der Waals surface area contributed by atoms with E-state index in [4.69, 9.17) is 15.2 Å². The van der Waals surface area contributed by atoms with Crippen molar-refractivity contribution in [1.29, 1.82) is 0 Å². The van der Waals surface area contributed by atoms with Crippen LogP contribution in [-0.4, -0.2) is 25.0 Å². The molecule has 184 valence electrons. The van der Waals surface area contributed by atoms with Crippen molar-refractivity contribution >= 4 is 0 Å². The first-order valence-electron chi connectivity index (χ1n) is 14.2. The smallest absolute Gasteiger partial charge is 0.168 e. The summed E-state index contributed by atoms with van der Waals surface area (Å²) in [6.07, 6.45) is 28.2. The molecule has 1 saturated heterocycles. The van der Waals surface area contributed by atoms with Crippen molar-refractivity contribution in [3.05, 3.63) is 0 Å². The number of ether oxygens (including phenoxy) is 2. The molecule has 3 unspecified atom stereocenters. The highest BCUT2D eigenvalue weighted by molar-refractivity contribution is 4.81. The summed E-state index contributed by atoms with van der Waals surface area (Å²) in [5, 5.41) is 0. The van der Waals surface area contributed by atoms with E-state index in [1.54, 1.807) is 0 Å². The summed E-state index contributed by atoms with van der Waals surface area (Å²) in [4.78, 5) is 0. The van der Waals surface area contributed by atoms with Gasteiger partial charge in [-0.15, -0.1) is 0 Å². The molecule has 2 aliphatic rings. The van der Waals surface area contributed by atoms with E-state index in [2.05, 4.69) is 13.8 Å². The molecule has 2 N–H and O–H groups in total. The third kappa shape index (κ3) is 10.1. The van der Waals surface area contributed by atoms with Crippen molar-refractivity contribution in [2.24, 2.45) is 11.1 Å². The SMILES string of the molecule is CCCC1(CC)CCCCCCCCCCCC2(CCCCCC1)OCC(CCN)O2. The van der Waals surface area contributed by atoms with Gasteiger partial charge in [0.1, 0.15) is 0 Å². The fourth-order valence-electron chi connectivity index (χ4n) is 6.15. The van der Waals surface area contributed by atoms with E-state index in [9.17, 15) is 0 Å². The Morgan fingerprint density at radius 1 is 0.710 bits per heavy atom. The standard InChI is InChI=1S/C28H55NO2/c1-3-19-27(4-2)20-14-10-8-6-5-7-9-11-16-22-28(23-17-13-12-15-21-27)30-25-26(31-28)18-24-29/h26H,3-25,29H2,1-2H3. The van der Waals surface area contributed by atoms with Gasteiger partial charge in [0.05, 0.1) is 12.7 Å². The van der Waals surface area contributed by atoms with Gasteiger partial charge in [-0.3, -0.25) is 0 Å². The number of rotatable bonds is 5. The molecule has 1 aliphatic heterocycles. The molecule has 0 radical (unpaired) electrons. The van der Waals surface area contributed by atoms with Crippen LogP contribution in [-0.2, 0) is 9.47 Å². The molecule has 3 nitrogen and oxygen atoms in total. The van der Waals surface area contributed by atoms with Gasteiger partial charge in [0.2, 0.25) is 0 Å². The summed E-state index contributed by atoms with van der Waals surface area (Å²) in [5.74, 6) is -0.307. The quantitative estimate of drug-likeness (QED) is 0.470. The van der Waals surface area contributed by atoms with Gasteiger partial charge in [-0.25, -0.2) is 0 Å². The highest BCUT2D eigenvalue weighted by Gasteiger charge is 2.40. The number of hydrogen-bond acceptors (Lipinski definition) is 3. The lowest BCUT2D eigenvalue weighted by Gasteiger charge is -2.33. The molecule has 1 aliphatic carbocycles. The lowest BCUT2D eigenvalue weighted by atomic mass is 9.72. The Bertz CT molecular complexity index is 443. The predicted octanol–water partition coefficient (Wildman–Crippen LogP) is 8.29. The van der Waals surface area contributed by atoms with Crippen LogP contribution in [0.5, 0.6) is 0 Å². The van der Waals surface area contributed by atoms with Crippen molar-refractivity contribution in [2.75, 3.05) is 13.2 Å². The van der Waals surface area contributed by atoms with Crippen molar-refractivity contribution in [1.82, 2.24) is 0 Å². The first-order chi connectivity index (χ1) is 15.2. The maximum absolute atomic E-state index is 6.47. The highest BCUT2D eigenvalue weighted by Crippen LogP contribution is 2.40. The van der Waals surface area contributed by atoms with Crippen LogP contribution in [0.3, 0.4) is 0 Å².